The molecule has 0 saturated carbocycles. The zero-order chi connectivity index (χ0) is 24.5. The summed E-state index contributed by atoms with van der Waals surface area (Å²) >= 11 is 0. The van der Waals surface area contributed by atoms with Crippen molar-refractivity contribution in [3.8, 4) is 11.4 Å². The number of amides is 2. The first kappa shape index (κ1) is 22.5. The summed E-state index contributed by atoms with van der Waals surface area (Å²) in [6.45, 7) is 5.91. The Morgan fingerprint density at radius 2 is 1.80 bits per heavy atom. The lowest BCUT2D eigenvalue weighted by atomic mass is 9.94. The van der Waals surface area contributed by atoms with E-state index in [-0.39, 0.29) is 11.9 Å². The van der Waals surface area contributed by atoms with Crippen LogP contribution in [0.2, 0.25) is 0 Å². The van der Waals surface area contributed by atoms with Crippen molar-refractivity contribution in [3.05, 3.63) is 107 Å². The molecular weight excluding hydrogens is 443 g/mol. The molecule has 0 fully saturated rings. The topological polar surface area (TPSA) is 71.3 Å². The van der Waals surface area contributed by atoms with Crippen molar-refractivity contribution in [1.29, 1.82) is 0 Å². The Labute approximate surface area is 203 Å². The van der Waals surface area contributed by atoms with Crippen LogP contribution < -0.4 is 10.2 Å². The maximum atomic E-state index is 14.1. The van der Waals surface area contributed by atoms with Crippen LogP contribution in [-0.2, 0) is 6.42 Å². The van der Waals surface area contributed by atoms with Crippen LogP contribution in [0, 0.1) is 12.7 Å². The van der Waals surface area contributed by atoms with Gasteiger partial charge in [0.15, 0.2) is 0 Å². The standard InChI is InChI=1S/C28H25FN4O2/c1-4-19-11-13-23(14-12-19)33-18(3)24(25(30-28(33)34)20-8-6-10-22(29)16-20)27-31-26(32-35-27)21-9-5-7-17(2)15-21/h5-16,25H,4H2,1-3H3,(H,30,34). The number of carbonyl (C=O) groups excluding carboxylic acids is 1. The number of halogens is 1. The number of hydrogen-bond donors (Lipinski definition) is 1. The van der Waals surface area contributed by atoms with Gasteiger partial charge in [0.1, 0.15) is 5.82 Å². The van der Waals surface area contributed by atoms with E-state index in [2.05, 4.69) is 22.4 Å². The van der Waals surface area contributed by atoms with Crippen LogP contribution in [0.1, 0.15) is 42.5 Å². The molecule has 0 spiro atoms. The van der Waals surface area contributed by atoms with Crippen LogP contribution >= 0.6 is 0 Å². The van der Waals surface area contributed by atoms with Crippen LogP contribution in [0.3, 0.4) is 0 Å². The van der Waals surface area contributed by atoms with E-state index in [1.54, 1.807) is 17.0 Å². The van der Waals surface area contributed by atoms with Crippen molar-refractivity contribution in [1.82, 2.24) is 15.5 Å². The molecule has 0 saturated heterocycles. The van der Waals surface area contributed by atoms with Crippen molar-refractivity contribution in [3.63, 3.8) is 0 Å². The highest BCUT2D eigenvalue weighted by Gasteiger charge is 2.36. The predicted octanol–water partition coefficient (Wildman–Crippen LogP) is 6.45. The molecule has 7 heteroatoms. The fourth-order valence-electron chi connectivity index (χ4n) is 4.38. The molecule has 176 valence electrons. The van der Waals surface area contributed by atoms with Crippen LogP contribution in [0.15, 0.2) is 83.0 Å². The van der Waals surface area contributed by atoms with E-state index in [4.69, 9.17) is 4.52 Å². The summed E-state index contributed by atoms with van der Waals surface area (Å²) in [4.78, 5) is 19.5. The number of carbonyl (C=O) groups is 1. The van der Waals surface area contributed by atoms with E-state index in [9.17, 15) is 9.18 Å². The number of anilines is 1. The average molecular weight is 469 g/mol. The van der Waals surface area contributed by atoms with E-state index >= 15 is 0 Å². The van der Waals surface area contributed by atoms with Crippen molar-refractivity contribution in [2.24, 2.45) is 0 Å². The van der Waals surface area contributed by atoms with Crippen LogP contribution in [0.4, 0.5) is 14.9 Å². The van der Waals surface area contributed by atoms with Gasteiger partial charge in [-0.25, -0.2) is 9.18 Å². The first-order valence-electron chi connectivity index (χ1n) is 11.5. The maximum Gasteiger partial charge on any atom is 0.326 e. The highest BCUT2D eigenvalue weighted by Crippen LogP contribution is 2.39. The molecule has 0 aliphatic carbocycles. The molecule has 1 aromatic heterocycles. The van der Waals surface area contributed by atoms with E-state index in [1.165, 1.54) is 17.7 Å². The number of nitrogens with one attached hydrogen (secondary N) is 1. The number of benzene rings is 3. The first-order valence-corrected chi connectivity index (χ1v) is 11.5. The fourth-order valence-corrected chi connectivity index (χ4v) is 4.38. The van der Waals surface area contributed by atoms with Crippen molar-refractivity contribution >= 4 is 17.3 Å². The monoisotopic (exact) mass is 468 g/mol. The number of hydrogen-bond acceptors (Lipinski definition) is 4. The summed E-state index contributed by atoms with van der Waals surface area (Å²) in [7, 11) is 0. The smallest absolute Gasteiger partial charge is 0.326 e. The average Bonchev–Trinajstić information content (AvgIpc) is 3.34. The van der Waals surface area contributed by atoms with Crippen LogP contribution in [-0.4, -0.2) is 16.2 Å². The quantitative estimate of drug-likeness (QED) is 0.365. The summed E-state index contributed by atoms with van der Waals surface area (Å²) in [5.74, 6) is 0.318. The van der Waals surface area contributed by atoms with Gasteiger partial charge < -0.3 is 9.84 Å². The van der Waals surface area contributed by atoms with Gasteiger partial charge in [0.25, 0.3) is 5.89 Å². The highest BCUT2D eigenvalue weighted by atomic mass is 19.1. The second kappa shape index (κ2) is 9.18. The summed E-state index contributed by atoms with van der Waals surface area (Å²) in [5.41, 5.74) is 5.62. The zero-order valence-corrected chi connectivity index (χ0v) is 19.7. The van der Waals surface area contributed by atoms with Gasteiger partial charge in [-0.05, 0) is 61.7 Å². The molecule has 0 bridgehead atoms. The largest absolute Gasteiger partial charge is 0.334 e. The minimum Gasteiger partial charge on any atom is -0.334 e. The van der Waals surface area contributed by atoms with Gasteiger partial charge in [-0.2, -0.15) is 4.98 Å². The van der Waals surface area contributed by atoms with E-state index in [0.29, 0.717) is 28.3 Å². The number of rotatable bonds is 5. The van der Waals surface area contributed by atoms with E-state index in [0.717, 1.165) is 17.5 Å². The van der Waals surface area contributed by atoms with Crippen molar-refractivity contribution in [2.45, 2.75) is 33.2 Å². The van der Waals surface area contributed by atoms with Gasteiger partial charge in [0, 0.05) is 11.3 Å². The minimum absolute atomic E-state index is 0.267. The molecule has 6 nitrogen and oxygen atoms in total. The number of aromatic nitrogens is 2. The van der Waals surface area contributed by atoms with Gasteiger partial charge in [-0.1, -0.05) is 60.1 Å². The third-order valence-electron chi connectivity index (χ3n) is 6.20. The molecular formula is C28H25FN4O2. The Bertz CT molecular complexity index is 1420. The molecule has 2 amide bonds. The lowest BCUT2D eigenvalue weighted by Gasteiger charge is -2.35. The maximum absolute atomic E-state index is 14.1. The van der Waals surface area contributed by atoms with Crippen molar-refractivity contribution in [2.75, 3.05) is 4.90 Å². The Morgan fingerprint density at radius 3 is 2.51 bits per heavy atom. The van der Waals surface area contributed by atoms with Crippen LogP contribution in [0.25, 0.3) is 17.0 Å². The van der Waals surface area contributed by atoms with E-state index in [1.807, 2.05) is 62.4 Å². The Kier molecular flexibility index (Phi) is 5.91. The Balaban J connectivity index is 1.65. The van der Waals surface area contributed by atoms with Gasteiger partial charge in [0.05, 0.1) is 17.3 Å². The van der Waals surface area contributed by atoms with Gasteiger partial charge in [-0.3, -0.25) is 4.90 Å². The first-order chi connectivity index (χ1) is 16.9. The van der Waals surface area contributed by atoms with E-state index < -0.39 is 11.9 Å². The minimum atomic E-state index is -0.657. The SMILES string of the molecule is CCc1ccc(N2C(=O)NC(c3cccc(F)c3)C(c3nc(-c4cccc(C)c4)no3)=C2C)cc1. The summed E-state index contributed by atoms with van der Waals surface area (Å²) in [5, 5.41) is 7.21. The summed E-state index contributed by atoms with van der Waals surface area (Å²) < 4.78 is 19.8. The van der Waals surface area contributed by atoms with Gasteiger partial charge >= 0.3 is 6.03 Å². The molecule has 0 radical (unpaired) electrons. The Morgan fingerprint density at radius 1 is 1.03 bits per heavy atom. The molecule has 1 unspecified atom stereocenters. The number of nitrogens with zero attached hydrogens (tertiary/aromatic N) is 3. The van der Waals surface area contributed by atoms with Crippen molar-refractivity contribution < 1.29 is 13.7 Å². The third kappa shape index (κ3) is 4.33. The molecule has 1 aliphatic heterocycles. The Hall–Kier alpha value is -4.26. The second-order valence-electron chi connectivity index (χ2n) is 8.58. The highest BCUT2D eigenvalue weighted by molar-refractivity contribution is 6.01. The molecule has 5 rings (SSSR count). The number of urea groups is 1. The molecule has 1 atom stereocenters. The number of aryl methyl sites for hydroxylation is 2. The normalized spacial score (nSPS) is 15.9. The summed E-state index contributed by atoms with van der Waals surface area (Å²) in [6.07, 6.45) is 0.901. The molecule has 2 heterocycles. The van der Waals surface area contributed by atoms with Gasteiger partial charge in [-0.15, -0.1) is 0 Å². The molecule has 3 aromatic carbocycles. The predicted molar refractivity (Wildman–Crippen MR) is 133 cm³/mol. The van der Waals surface area contributed by atoms with Crippen LogP contribution in [0.5, 0.6) is 0 Å². The zero-order valence-electron chi connectivity index (χ0n) is 19.7. The molecule has 35 heavy (non-hydrogen) atoms. The molecule has 1 aliphatic rings. The number of allylic oxidation sites excluding steroid dienone is 1. The molecule has 4 aromatic rings. The van der Waals surface area contributed by atoms with Gasteiger partial charge in [0.2, 0.25) is 5.82 Å². The summed E-state index contributed by atoms with van der Waals surface area (Å²) in [6, 6.07) is 20.8. The second-order valence-corrected chi connectivity index (χ2v) is 8.58. The third-order valence-corrected chi connectivity index (χ3v) is 6.20. The fraction of sp³-hybridized carbons (Fsp3) is 0.179. The lowest BCUT2D eigenvalue weighted by Crippen LogP contribution is -2.46. The molecule has 1 N–H and O–H groups in total. The lowest BCUT2D eigenvalue weighted by molar-refractivity contribution is 0.244.